The molecule has 2 N–H and O–H groups in total. The van der Waals surface area contributed by atoms with Crippen molar-refractivity contribution >= 4 is 12.6 Å². The molecule has 0 aliphatic carbocycles. The Morgan fingerprint density at radius 2 is 1.73 bits per heavy atom. The maximum atomic E-state index is 5.40. The van der Waals surface area contributed by atoms with Gasteiger partial charge in [-0.25, -0.2) is 0 Å². The Hall–Kier alpha value is -0.210. The molecule has 0 atom stereocenters. The van der Waals surface area contributed by atoms with Crippen molar-refractivity contribution < 1.29 is 0 Å². The molecule has 0 saturated carbocycles. The maximum Gasteiger partial charge on any atom is 0.0185 e. The van der Waals surface area contributed by atoms with Gasteiger partial charge in [-0.05, 0) is 19.4 Å². The van der Waals surface area contributed by atoms with E-state index >= 15 is 0 Å². The van der Waals surface area contributed by atoms with Crippen molar-refractivity contribution in [3.05, 3.63) is 22.6 Å². The molecule has 0 rings (SSSR count). The third-order valence-corrected chi connectivity index (χ3v) is 1.72. The van der Waals surface area contributed by atoms with Gasteiger partial charge in [0.2, 0.25) is 0 Å². The van der Waals surface area contributed by atoms with Crippen LogP contribution in [-0.2, 0) is 0 Å². The fraction of sp³-hybridized carbons (Fsp3) is 0.556. The summed E-state index contributed by atoms with van der Waals surface area (Å²) in [5.74, 6) is 0. The molecule has 0 radical (unpaired) electrons. The van der Waals surface area contributed by atoms with Gasteiger partial charge >= 0.3 is 0 Å². The van der Waals surface area contributed by atoms with E-state index in [0.717, 1.165) is 10.5 Å². The number of nitrogens with two attached hydrogens (primary N) is 1. The molecular formula is C9H19NS. The Bertz CT molecular complexity index is 136. The van der Waals surface area contributed by atoms with Gasteiger partial charge in [0.25, 0.3) is 0 Å². The van der Waals surface area contributed by atoms with Crippen molar-refractivity contribution in [3.8, 4) is 0 Å². The highest BCUT2D eigenvalue weighted by Crippen LogP contribution is 2.11. The molecule has 0 bridgehead atoms. The molecule has 0 aromatic rings. The van der Waals surface area contributed by atoms with Gasteiger partial charge in [-0.15, -0.1) is 12.6 Å². The van der Waals surface area contributed by atoms with Crippen LogP contribution in [0.15, 0.2) is 22.6 Å². The summed E-state index contributed by atoms with van der Waals surface area (Å²) in [4.78, 5) is 0.972. The minimum atomic E-state index is 0.569. The third-order valence-electron chi connectivity index (χ3n) is 1.17. The van der Waals surface area contributed by atoms with Crippen LogP contribution >= 0.6 is 12.6 Å². The van der Waals surface area contributed by atoms with Gasteiger partial charge in [0.1, 0.15) is 0 Å². The first kappa shape index (κ1) is 13.4. The van der Waals surface area contributed by atoms with E-state index < -0.39 is 0 Å². The Morgan fingerprint density at radius 3 is 1.82 bits per heavy atom. The summed E-state index contributed by atoms with van der Waals surface area (Å²) in [5, 5.41) is 0. The highest BCUT2D eigenvalue weighted by Gasteiger charge is 1.92. The van der Waals surface area contributed by atoms with Crippen LogP contribution in [0.5, 0.6) is 0 Å². The molecule has 0 amide bonds. The molecule has 2 heteroatoms. The second kappa shape index (κ2) is 9.79. The average molecular weight is 173 g/mol. The van der Waals surface area contributed by atoms with Gasteiger partial charge in [0, 0.05) is 11.4 Å². The quantitative estimate of drug-likeness (QED) is 0.487. The van der Waals surface area contributed by atoms with Crippen molar-refractivity contribution in [3.63, 3.8) is 0 Å². The summed E-state index contributed by atoms with van der Waals surface area (Å²) in [7, 11) is 0. The molecule has 0 fully saturated rings. The Labute approximate surface area is 75.8 Å². The second-order valence-corrected chi connectivity index (χ2v) is 2.17. The van der Waals surface area contributed by atoms with Crippen molar-refractivity contribution in [2.45, 2.75) is 27.7 Å². The lowest BCUT2D eigenvalue weighted by Gasteiger charge is -1.99. The van der Waals surface area contributed by atoms with Gasteiger partial charge in [0.05, 0.1) is 0 Å². The van der Waals surface area contributed by atoms with Crippen LogP contribution in [0.3, 0.4) is 0 Å². The summed E-state index contributed by atoms with van der Waals surface area (Å²) >= 11 is 4.20. The zero-order valence-electron chi connectivity index (χ0n) is 7.89. The van der Waals surface area contributed by atoms with Crippen LogP contribution in [0, 0.1) is 0 Å². The minimum Gasteiger partial charge on any atom is -0.326 e. The summed E-state index contributed by atoms with van der Waals surface area (Å²) < 4.78 is 0. The molecule has 11 heavy (non-hydrogen) atoms. The van der Waals surface area contributed by atoms with Crippen LogP contribution in [-0.4, -0.2) is 6.54 Å². The minimum absolute atomic E-state index is 0.569. The molecule has 1 nitrogen and oxygen atoms in total. The Morgan fingerprint density at radius 1 is 1.27 bits per heavy atom. The molecule has 0 saturated heterocycles. The number of hydrogen-bond acceptors (Lipinski definition) is 2. The molecule has 0 aliphatic rings. The van der Waals surface area contributed by atoms with Crippen LogP contribution < -0.4 is 5.73 Å². The van der Waals surface area contributed by atoms with E-state index in [0.29, 0.717) is 6.54 Å². The second-order valence-electron chi connectivity index (χ2n) is 1.69. The summed E-state index contributed by atoms with van der Waals surface area (Å²) in [6.45, 7) is 8.48. The molecule has 0 aromatic carbocycles. The number of allylic oxidation sites excluding steroid dienone is 2. The highest BCUT2D eigenvalue weighted by atomic mass is 32.1. The topological polar surface area (TPSA) is 26.0 Å². The van der Waals surface area contributed by atoms with Crippen molar-refractivity contribution in [2.75, 3.05) is 6.54 Å². The monoisotopic (exact) mass is 173 g/mol. The van der Waals surface area contributed by atoms with Gasteiger partial charge in [0.15, 0.2) is 0 Å². The maximum absolute atomic E-state index is 5.40. The summed E-state index contributed by atoms with van der Waals surface area (Å²) in [6, 6.07) is 0. The number of hydrogen-bond donors (Lipinski definition) is 2. The lowest BCUT2D eigenvalue weighted by molar-refractivity contribution is 1.17. The Kier molecular flexibility index (Phi) is 11.9. The molecule has 0 aliphatic heterocycles. The fourth-order valence-electron chi connectivity index (χ4n) is 0.556. The van der Waals surface area contributed by atoms with Crippen molar-refractivity contribution in [2.24, 2.45) is 5.73 Å². The van der Waals surface area contributed by atoms with Gasteiger partial charge in [-0.1, -0.05) is 26.0 Å². The smallest absolute Gasteiger partial charge is 0.0185 e. The standard InChI is InChI=1S/C7H13NS.C2H6/c1-3-6(5-8)7(9)4-2;1-2/h3-4,9H,5,8H2,1-2H3;1-2H3/b6-3-,7-4+;. The van der Waals surface area contributed by atoms with E-state index in [-0.39, 0.29) is 0 Å². The van der Waals surface area contributed by atoms with Crippen LogP contribution in [0.2, 0.25) is 0 Å². The first-order chi connectivity index (χ1) is 5.26. The van der Waals surface area contributed by atoms with Crippen LogP contribution in [0.25, 0.3) is 0 Å². The van der Waals surface area contributed by atoms with Gasteiger partial charge in [-0.3, -0.25) is 0 Å². The predicted octanol–water partition coefficient (Wildman–Crippen LogP) is 2.75. The number of rotatable bonds is 2. The van der Waals surface area contributed by atoms with E-state index in [4.69, 9.17) is 5.73 Å². The SMILES string of the molecule is C/C=C(CN)\C(S)=C/C.CC. The lowest BCUT2D eigenvalue weighted by Crippen LogP contribution is -2.02. The normalized spacial score (nSPS) is 12.2. The zero-order chi connectivity index (χ0) is 9.28. The molecule has 0 spiro atoms. The van der Waals surface area contributed by atoms with E-state index in [9.17, 15) is 0 Å². The predicted molar refractivity (Wildman–Crippen MR) is 56.9 cm³/mol. The van der Waals surface area contributed by atoms with E-state index in [2.05, 4.69) is 12.6 Å². The fourth-order valence-corrected chi connectivity index (χ4v) is 0.776. The first-order valence-corrected chi connectivity index (χ1v) is 4.41. The van der Waals surface area contributed by atoms with E-state index in [1.165, 1.54) is 0 Å². The third kappa shape index (κ3) is 6.20. The molecule has 0 heterocycles. The van der Waals surface area contributed by atoms with Crippen molar-refractivity contribution in [1.29, 1.82) is 0 Å². The molecule has 0 unspecified atom stereocenters. The first-order valence-electron chi connectivity index (χ1n) is 3.97. The average Bonchev–Trinajstić information content (AvgIpc) is 2.10. The van der Waals surface area contributed by atoms with E-state index in [1.807, 2.05) is 39.8 Å². The highest BCUT2D eigenvalue weighted by molar-refractivity contribution is 7.84. The van der Waals surface area contributed by atoms with Gasteiger partial charge in [-0.2, -0.15) is 0 Å². The van der Waals surface area contributed by atoms with Crippen LogP contribution in [0.1, 0.15) is 27.7 Å². The molecule has 0 aromatic heterocycles. The largest absolute Gasteiger partial charge is 0.326 e. The molecule has 66 valence electrons. The summed E-state index contributed by atoms with van der Waals surface area (Å²) in [5.41, 5.74) is 6.50. The van der Waals surface area contributed by atoms with Crippen molar-refractivity contribution in [1.82, 2.24) is 0 Å². The number of thiol groups is 1. The van der Waals surface area contributed by atoms with Crippen LogP contribution in [0.4, 0.5) is 0 Å². The van der Waals surface area contributed by atoms with E-state index in [1.54, 1.807) is 0 Å². The Balaban J connectivity index is 0. The zero-order valence-corrected chi connectivity index (χ0v) is 8.78. The molecular weight excluding hydrogens is 154 g/mol. The summed E-state index contributed by atoms with van der Waals surface area (Å²) in [6.07, 6.45) is 3.91. The van der Waals surface area contributed by atoms with Gasteiger partial charge < -0.3 is 5.73 Å². The lowest BCUT2D eigenvalue weighted by atomic mass is 10.2.